The number of aromatic amines is 1. The SMILES string of the molecule is O=C(O)OCC1c2ccccc2-c2cccc(-c3cccc4[nH]nnc34)c21. The molecule has 1 atom stereocenters. The van der Waals surface area contributed by atoms with E-state index in [0.29, 0.717) is 0 Å². The Bertz CT molecular complexity index is 1180. The van der Waals surface area contributed by atoms with Crippen molar-refractivity contribution in [3.05, 3.63) is 71.8 Å². The van der Waals surface area contributed by atoms with Crippen molar-refractivity contribution < 1.29 is 14.6 Å². The molecule has 0 aliphatic heterocycles. The van der Waals surface area contributed by atoms with Gasteiger partial charge in [-0.2, -0.15) is 0 Å². The molecule has 6 nitrogen and oxygen atoms in total. The number of ether oxygens (including phenoxy) is 1. The number of fused-ring (bicyclic) bond motifs is 4. The molecule has 0 amide bonds. The fourth-order valence-corrected chi connectivity index (χ4v) is 4.03. The molecule has 1 aliphatic carbocycles. The Morgan fingerprint density at radius 2 is 1.67 bits per heavy atom. The molecule has 5 rings (SSSR count). The largest absolute Gasteiger partial charge is 0.505 e. The van der Waals surface area contributed by atoms with E-state index in [4.69, 9.17) is 9.84 Å². The molecular formula is C21H15N3O3. The first-order valence-corrected chi connectivity index (χ1v) is 8.62. The van der Waals surface area contributed by atoms with Crippen LogP contribution in [0, 0.1) is 0 Å². The van der Waals surface area contributed by atoms with Gasteiger partial charge in [-0.15, -0.1) is 5.10 Å². The van der Waals surface area contributed by atoms with E-state index in [9.17, 15) is 4.79 Å². The van der Waals surface area contributed by atoms with E-state index >= 15 is 0 Å². The maximum atomic E-state index is 11.0. The summed E-state index contributed by atoms with van der Waals surface area (Å²) >= 11 is 0. The highest BCUT2D eigenvalue weighted by Crippen LogP contribution is 2.49. The van der Waals surface area contributed by atoms with Gasteiger partial charge in [-0.1, -0.05) is 59.8 Å². The van der Waals surface area contributed by atoms with Gasteiger partial charge in [0.1, 0.15) is 12.1 Å². The number of carbonyl (C=O) groups is 1. The zero-order valence-corrected chi connectivity index (χ0v) is 14.2. The Kier molecular flexibility index (Phi) is 3.43. The van der Waals surface area contributed by atoms with Gasteiger partial charge in [0.25, 0.3) is 0 Å². The van der Waals surface area contributed by atoms with Crippen LogP contribution in [0.3, 0.4) is 0 Å². The standard InChI is InChI=1S/C21H15N3O3/c25-21(26)27-11-17-13-6-2-1-5-12(13)14-7-3-8-15(19(14)17)16-9-4-10-18-20(16)23-24-22-18/h1-10,17H,11H2,(H,25,26)(H,22,23,24). The molecule has 0 spiro atoms. The molecule has 132 valence electrons. The number of nitrogens with zero attached hydrogens (tertiary/aromatic N) is 2. The van der Waals surface area contributed by atoms with Gasteiger partial charge >= 0.3 is 6.16 Å². The lowest BCUT2D eigenvalue weighted by Crippen LogP contribution is -2.11. The predicted molar refractivity (Wildman–Crippen MR) is 101 cm³/mol. The molecule has 0 saturated heterocycles. The van der Waals surface area contributed by atoms with Gasteiger partial charge in [-0.25, -0.2) is 4.79 Å². The van der Waals surface area contributed by atoms with Crippen molar-refractivity contribution >= 4 is 17.2 Å². The zero-order valence-electron chi connectivity index (χ0n) is 14.2. The van der Waals surface area contributed by atoms with Gasteiger partial charge in [0, 0.05) is 11.5 Å². The van der Waals surface area contributed by atoms with Crippen LogP contribution in [0.1, 0.15) is 17.0 Å². The lowest BCUT2D eigenvalue weighted by Gasteiger charge is -2.17. The third kappa shape index (κ3) is 2.38. The minimum absolute atomic E-state index is 0.0746. The first-order valence-electron chi connectivity index (χ1n) is 8.62. The van der Waals surface area contributed by atoms with Gasteiger partial charge in [0.15, 0.2) is 0 Å². The van der Waals surface area contributed by atoms with Crippen LogP contribution in [-0.2, 0) is 4.74 Å². The molecule has 27 heavy (non-hydrogen) atoms. The first-order chi connectivity index (χ1) is 13.2. The molecule has 3 aromatic carbocycles. The summed E-state index contributed by atoms with van der Waals surface area (Å²) in [4.78, 5) is 11.0. The van der Waals surface area contributed by atoms with E-state index in [-0.39, 0.29) is 12.5 Å². The predicted octanol–water partition coefficient (Wildman–Crippen LogP) is 4.43. The summed E-state index contributed by atoms with van der Waals surface area (Å²) in [5.41, 5.74) is 7.99. The number of rotatable bonds is 3. The molecule has 1 aliphatic rings. The smallest absolute Gasteiger partial charge is 0.450 e. The lowest BCUT2D eigenvalue weighted by atomic mass is 9.89. The van der Waals surface area contributed by atoms with E-state index in [1.54, 1.807) is 0 Å². The van der Waals surface area contributed by atoms with Gasteiger partial charge in [0.2, 0.25) is 0 Å². The molecule has 0 saturated carbocycles. The second kappa shape index (κ2) is 5.95. The maximum absolute atomic E-state index is 11.0. The molecule has 6 heteroatoms. The molecular weight excluding hydrogens is 342 g/mol. The molecule has 1 aromatic heterocycles. The number of H-pyrrole nitrogens is 1. The summed E-state index contributed by atoms with van der Waals surface area (Å²) in [6.45, 7) is 0.0746. The van der Waals surface area contributed by atoms with E-state index in [1.165, 1.54) is 0 Å². The molecule has 0 radical (unpaired) electrons. The fourth-order valence-electron chi connectivity index (χ4n) is 4.03. The highest BCUT2D eigenvalue weighted by Gasteiger charge is 2.32. The Balaban J connectivity index is 1.75. The van der Waals surface area contributed by atoms with Crippen molar-refractivity contribution in [3.63, 3.8) is 0 Å². The summed E-state index contributed by atoms with van der Waals surface area (Å²) in [5, 5.41) is 20.1. The number of hydrogen-bond acceptors (Lipinski definition) is 4. The number of carboxylic acid groups (broad SMARTS) is 1. The monoisotopic (exact) mass is 357 g/mol. The van der Waals surface area contributed by atoms with Crippen LogP contribution in [0.4, 0.5) is 4.79 Å². The average molecular weight is 357 g/mol. The molecule has 0 fully saturated rings. The normalized spacial score (nSPS) is 14.7. The van der Waals surface area contributed by atoms with Crippen LogP contribution < -0.4 is 0 Å². The van der Waals surface area contributed by atoms with Crippen molar-refractivity contribution in [2.24, 2.45) is 0 Å². The summed E-state index contributed by atoms with van der Waals surface area (Å²) < 4.78 is 4.99. The van der Waals surface area contributed by atoms with E-state index in [0.717, 1.165) is 44.4 Å². The fraction of sp³-hybridized carbons (Fsp3) is 0.0952. The van der Waals surface area contributed by atoms with E-state index in [1.807, 2.05) is 48.5 Å². The van der Waals surface area contributed by atoms with Gasteiger partial charge in [0.05, 0.1) is 5.52 Å². The summed E-state index contributed by atoms with van der Waals surface area (Å²) in [6, 6.07) is 20.1. The molecule has 0 bridgehead atoms. The average Bonchev–Trinajstić information content (AvgIpc) is 3.29. The molecule has 2 N–H and O–H groups in total. The van der Waals surface area contributed by atoms with Crippen LogP contribution in [0.2, 0.25) is 0 Å². The van der Waals surface area contributed by atoms with Gasteiger partial charge in [-0.3, -0.25) is 5.10 Å². The highest BCUT2D eigenvalue weighted by atomic mass is 16.7. The number of benzene rings is 3. The Hall–Kier alpha value is -3.67. The molecule has 4 aromatic rings. The summed E-state index contributed by atoms with van der Waals surface area (Å²) in [6.07, 6.45) is -1.27. The van der Waals surface area contributed by atoms with Crippen molar-refractivity contribution in [2.45, 2.75) is 5.92 Å². The lowest BCUT2D eigenvalue weighted by molar-refractivity contribution is 0.0892. The molecule has 1 unspecified atom stereocenters. The summed E-state index contributed by atoms with van der Waals surface area (Å²) in [7, 11) is 0. The minimum atomic E-state index is -1.27. The van der Waals surface area contributed by atoms with Gasteiger partial charge < -0.3 is 9.84 Å². The van der Waals surface area contributed by atoms with Crippen molar-refractivity contribution in [1.82, 2.24) is 15.4 Å². The van der Waals surface area contributed by atoms with Crippen LogP contribution in [0.15, 0.2) is 60.7 Å². The number of hydrogen-bond donors (Lipinski definition) is 2. The minimum Gasteiger partial charge on any atom is -0.450 e. The topological polar surface area (TPSA) is 88.1 Å². The highest BCUT2D eigenvalue weighted by molar-refractivity contribution is 5.96. The Morgan fingerprint density at radius 1 is 0.963 bits per heavy atom. The van der Waals surface area contributed by atoms with Crippen LogP contribution in [0.25, 0.3) is 33.3 Å². The van der Waals surface area contributed by atoms with Crippen molar-refractivity contribution in [2.75, 3.05) is 6.61 Å². The second-order valence-electron chi connectivity index (χ2n) is 6.50. The second-order valence-corrected chi connectivity index (χ2v) is 6.50. The van der Waals surface area contributed by atoms with Crippen LogP contribution in [0.5, 0.6) is 0 Å². The maximum Gasteiger partial charge on any atom is 0.505 e. The third-order valence-corrected chi connectivity index (χ3v) is 5.10. The van der Waals surface area contributed by atoms with E-state index < -0.39 is 6.16 Å². The van der Waals surface area contributed by atoms with Crippen LogP contribution >= 0.6 is 0 Å². The first kappa shape index (κ1) is 15.6. The Morgan fingerprint density at radius 3 is 2.52 bits per heavy atom. The van der Waals surface area contributed by atoms with Gasteiger partial charge in [-0.05, 0) is 33.9 Å². The third-order valence-electron chi connectivity index (χ3n) is 5.10. The van der Waals surface area contributed by atoms with Crippen molar-refractivity contribution in [3.8, 4) is 22.3 Å². The molecule has 1 heterocycles. The quantitative estimate of drug-likeness (QED) is 0.530. The van der Waals surface area contributed by atoms with E-state index in [2.05, 4.69) is 27.5 Å². The number of nitrogens with one attached hydrogen (secondary N) is 1. The zero-order chi connectivity index (χ0) is 18.4. The number of aromatic nitrogens is 3. The summed E-state index contributed by atoms with van der Waals surface area (Å²) in [5.74, 6) is -0.161. The van der Waals surface area contributed by atoms with Crippen molar-refractivity contribution in [1.29, 1.82) is 0 Å². The Labute approximate surface area is 154 Å². The van der Waals surface area contributed by atoms with Crippen LogP contribution in [-0.4, -0.2) is 33.3 Å².